The van der Waals surface area contributed by atoms with Gasteiger partial charge in [0, 0.05) is 37.9 Å². The van der Waals surface area contributed by atoms with E-state index in [0.29, 0.717) is 16.6 Å². The van der Waals surface area contributed by atoms with Gasteiger partial charge in [-0.15, -0.1) is 0 Å². The van der Waals surface area contributed by atoms with E-state index in [-0.39, 0.29) is 0 Å². The molecule has 4 heteroatoms. The minimum Gasteiger partial charge on any atom is -0.369 e. The van der Waals surface area contributed by atoms with Gasteiger partial charge in [0.1, 0.15) is 6.07 Å². The van der Waals surface area contributed by atoms with E-state index in [1.165, 1.54) is 6.42 Å². The Balaban J connectivity index is 2.02. The SMILES string of the molecule is CCC(C)N1CCN(c2ccc(C#N)c(Cl)c2)CC1. The van der Waals surface area contributed by atoms with Gasteiger partial charge in [-0.2, -0.15) is 5.26 Å². The summed E-state index contributed by atoms with van der Waals surface area (Å²) in [5.41, 5.74) is 1.66. The van der Waals surface area contributed by atoms with Crippen LogP contribution in [0.25, 0.3) is 0 Å². The quantitative estimate of drug-likeness (QED) is 0.850. The molecule has 0 bridgehead atoms. The molecule has 1 heterocycles. The number of halogens is 1. The molecule has 0 amide bonds. The van der Waals surface area contributed by atoms with Crippen molar-refractivity contribution in [3.05, 3.63) is 28.8 Å². The van der Waals surface area contributed by atoms with Crippen molar-refractivity contribution in [1.82, 2.24) is 4.90 Å². The van der Waals surface area contributed by atoms with Gasteiger partial charge in [0.05, 0.1) is 10.6 Å². The predicted molar refractivity (Wildman–Crippen MR) is 79.7 cm³/mol. The molecule has 1 unspecified atom stereocenters. The zero-order valence-electron chi connectivity index (χ0n) is 11.6. The van der Waals surface area contributed by atoms with Crippen LogP contribution < -0.4 is 4.90 Å². The van der Waals surface area contributed by atoms with Crippen LogP contribution in [0.1, 0.15) is 25.8 Å². The summed E-state index contributed by atoms with van der Waals surface area (Å²) < 4.78 is 0. The standard InChI is InChI=1S/C15H20ClN3/c1-3-12(2)18-6-8-19(9-7-18)14-5-4-13(11-17)15(16)10-14/h4-5,10,12H,3,6-9H2,1-2H3. The average Bonchev–Trinajstić information content (AvgIpc) is 2.46. The number of hydrogen-bond acceptors (Lipinski definition) is 3. The van der Waals surface area contributed by atoms with Crippen LogP contribution in [0, 0.1) is 11.3 Å². The lowest BCUT2D eigenvalue weighted by Gasteiger charge is -2.39. The minimum absolute atomic E-state index is 0.545. The fourth-order valence-corrected chi connectivity index (χ4v) is 2.69. The predicted octanol–water partition coefficient (Wildman–Crippen LogP) is 3.13. The number of benzene rings is 1. The van der Waals surface area contributed by atoms with Gasteiger partial charge in [-0.3, -0.25) is 4.90 Å². The Morgan fingerprint density at radius 2 is 2.00 bits per heavy atom. The fourth-order valence-electron chi connectivity index (χ4n) is 2.47. The van der Waals surface area contributed by atoms with Crippen LogP contribution in [0.5, 0.6) is 0 Å². The molecule has 1 aromatic rings. The maximum atomic E-state index is 8.89. The molecule has 2 rings (SSSR count). The van der Waals surface area contributed by atoms with Crippen LogP contribution >= 0.6 is 11.6 Å². The van der Waals surface area contributed by atoms with E-state index in [4.69, 9.17) is 16.9 Å². The first kappa shape index (κ1) is 14.2. The Kier molecular flexibility index (Phi) is 4.68. The molecule has 1 atom stereocenters. The highest BCUT2D eigenvalue weighted by atomic mass is 35.5. The molecule has 19 heavy (non-hydrogen) atoms. The summed E-state index contributed by atoms with van der Waals surface area (Å²) in [4.78, 5) is 4.87. The lowest BCUT2D eigenvalue weighted by molar-refractivity contribution is 0.193. The van der Waals surface area contributed by atoms with Crippen molar-refractivity contribution in [2.45, 2.75) is 26.3 Å². The highest BCUT2D eigenvalue weighted by Crippen LogP contribution is 2.24. The zero-order valence-corrected chi connectivity index (χ0v) is 12.3. The van der Waals surface area contributed by atoms with Gasteiger partial charge in [0.2, 0.25) is 0 Å². The lowest BCUT2D eigenvalue weighted by atomic mass is 10.1. The summed E-state index contributed by atoms with van der Waals surface area (Å²) in [6.07, 6.45) is 1.20. The normalized spacial score (nSPS) is 18.1. The third-order valence-electron chi connectivity index (χ3n) is 3.97. The molecule has 1 aliphatic heterocycles. The number of hydrogen-bond donors (Lipinski definition) is 0. The van der Waals surface area contributed by atoms with Crippen molar-refractivity contribution in [1.29, 1.82) is 5.26 Å². The zero-order chi connectivity index (χ0) is 13.8. The molecule has 3 nitrogen and oxygen atoms in total. The van der Waals surface area contributed by atoms with Crippen LogP contribution in [0.3, 0.4) is 0 Å². The van der Waals surface area contributed by atoms with Gasteiger partial charge in [0.15, 0.2) is 0 Å². The second-order valence-electron chi connectivity index (χ2n) is 5.06. The molecule has 0 aliphatic carbocycles. The van der Waals surface area contributed by atoms with Gasteiger partial charge < -0.3 is 4.90 Å². The molecule has 0 N–H and O–H groups in total. The maximum absolute atomic E-state index is 8.89. The third-order valence-corrected chi connectivity index (χ3v) is 4.28. The highest BCUT2D eigenvalue weighted by molar-refractivity contribution is 6.32. The molecule has 1 saturated heterocycles. The number of piperazine rings is 1. The summed E-state index contributed by atoms with van der Waals surface area (Å²) in [7, 11) is 0. The molecule has 1 aromatic carbocycles. The first-order valence-electron chi connectivity index (χ1n) is 6.84. The molecule has 102 valence electrons. The van der Waals surface area contributed by atoms with E-state index < -0.39 is 0 Å². The topological polar surface area (TPSA) is 30.3 Å². The molecule has 0 spiro atoms. The van der Waals surface area contributed by atoms with Crippen LogP contribution in [-0.2, 0) is 0 Å². The first-order chi connectivity index (χ1) is 9.15. The Morgan fingerprint density at radius 3 is 2.53 bits per heavy atom. The molecule has 0 saturated carbocycles. The van der Waals surface area contributed by atoms with Gasteiger partial charge in [-0.05, 0) is 31.5 Å². The monoisotopic (exact) mass is 277 g/mol. The third kappa shape index (κ3) is 3.20. The summed E-state index contributed by atoms with van der Waals surface area (Å²) in [5.74, 6) is 0. The fraction of sp³-hybridized carbons (Fsp3) is 0.533. The summed E-state index contributed by atoms with van der Waals surface area (Å²) >= 11 is 6.09. The van der Waals surface area contributed by atoms with E-state index in [9.17, 15) is 0 Å². The van der Waals surface area contributed by atoms with E-state index in [1.54, 1.807) is 6.07 Å². The molecule has 0 radical (unpaired) electrons. The minimum atomic E-state index is 0.545. The Hall–Kier alpha value is -1.24. The van der Waals surface area contributed by atoms with Crippen molar-refractivity contribution in [3.63, 3.8) is 0 Å². The molecule has 0 aromatic heterocycles. The number of anilines is 1. The maximum Gasteiger partial charge on any atom is 0.101 e. The second kappa shape index (κ2) is 6.27. The highest BCUT2D eigenvalue weighted by Gasteiger charge is 2.20. The second-order valence-corrected chi connectivity index (χ2v) is 5.46. The van der Waals surface area contributed by atoms with E-state index in [0.717, 1.165) is 31.9 Å². The Morgan fingerprint density at radius 1 is 1.32 bits per heavy atom. The van der Waals surface area contributed by atoms with Gasteiger partial charge in [0.25, 0.3) is 0 Å². The summed E-state index contributed by atoms with van der Waals surface area (Å²) in [6.45, 7) is 8.74. The van der Waals surface area contributed by atoms with E-state index in [2.05, 4.69) is 29.7 Å². The van der Waals surface area contributed by atoms with Crippen molar-refractivity contribution in [3.8, 4) is 6.07 Å². The molecule has 1 aliphatic rings. The van der Waals surface area contributed by atoms with E-state index >= 15 is 0 Å². The average molecular weight is 278 g/mol. The van der Waals surface area contributed by atoms with Crippen molar-refractivity contribution >= 4 is 17.3 Å². The number of rotatable bonds is 3. The van der Waals surface area contributed by atoms with E-state index in [1.807, 2.05) is 12.1 Å². The Labute approximate surface area is 120 Å². The summed E-state index contributed by atoms with van der Waals surface area (Å²) in [5, 5.41) is 9.43. The van der Waals surface area contributed by atoms with Crippen molar-refractivity contribution < 1.29 is 0 Å². The first-order valence-corrected chi connectivity index (χ1v) is 7.22. The van der Waals surface area contributed by atoms with Gasteiger partial charge in [-0.25, -0.2) is 0 Å². The van der Waals surface area contributed by atoms with Crippen molar-refractivity contribution in [2.75, 3.05) is 31.1 Å². The number of nitrogens with zero attached hydrogens (tertiary/aromatic N) is 3. The summed E-state index contributed by atoms with van der Waals surface area (Å²) in [6, 6.07) is 8.45. The largest absolute Gasteiger partial charge is 0.369 e. The molecular weight excluding hydrogens is 258 g/mol. The Bertz CT molecular complexity index is 473. The van der Waals surface area contributed by atoms with Crippen LogP contribution in [0.15, 0.2) is 18.2 Å². The molecular formula is C15H20ClN3. The van der Waals surface area contributed by atoms with Crippen LogP contribution in [-0.4, -0.2) is 37.1 Å². The van der Waals surface area contributed by atoms with Gasteiger partial charge >= 0.3 is 0 Å². The van der Waals surface area contributed by atoms with Crippen LogP contribution in [0.4, 0.5) is 5.69 Å². The number of nitriles is 1. The van der Waals surface area contributed by atoms with Crippen molar-refractivity contribution in [2.24, 2.45) is 0 Å². The smallest absolute Gasteiger partial charge is 0.101 e. The lowest BCUT2D eigenvalue weighted by Crippen LogP contribution is -2.49. The van der Waals surface area contributed by atoms with Crippen LogP contribution in [0.2, 0.25) is 5.02 Å². The van der Waals surface area contributed by atoms with Gasteiger partial charge in [-0.1, -0.05) is 18.5 Å². The molecule has 1 fully saturated rings.